The Morgan fingerprint density at radius 3 is 2.32 bits per heavy atom. The molecular weight excluding hydrogens is 277 g/mol. The van der Waals surface area contributed by atoms with Gasteiger partial charge >= 0.3 is 7.48 Å². The minimum Gasteiger partial charge on any atom is -0.427 e. The number of likely N-dealkylation sites (tertiary alicyclic amines) is 1. The maximum Gasteiger partial charge on any atom is 0.330 e. The molecule has 1 aromatic rings. The molecule has 1 saturated heterocycles. The van der Waals surface area contributed by atoms with Crippen LogP contribution in [0.1, 0.15) is 45.0 Å². The average Bonchev–Trinajstić information content (AvgIpc) is 2.42. The lowest BCUT2D eigenvalue weighted by molar-refractivity contribution is -0.0146. The minimum atomic E-state index is -0.641. The number of aliphatic hydroxyl groups is 1. The van der Waals surface area contributed by atoms with Crippen molar-refractivity contribution < 1.29 is 14.6 Å². The van der Waals surface area contributed by atoms with Gasteiger partial charge in [0, 0.05) is 18.7 Å². The van der Waals surface area contributed by atoms with Crippen molar-refractivity contribution in [1.29, 1.82) is 0 Å². The van der Waals surface area contributed by atoms with Crippen molar-refractivity contribution in [2.45, 2.75) is 46.3 Å². The second kappa shape index (κ2) is 6.05. The summed E-state index contributed by atoms with van der Waals surface area (Å²) < 4.78 is 5.61. The molecule has 5 heteroatoms. The summed E-state index contributed by atoms with van der Waals surface area (Å²) in [4.78, 5) is 14.2. The first kappa shape index (κ1) is 17.0. The van der Waals surface area contributed by atoms with Gasteiger partial charge in [0.15, 0.2) is 0 Å². The number of amides is 1. The minimum absolute atomic E-state index is 0.0797. The first-order valence-corrected chi connectivity index (χ1v) is 7.69. The first-order chi connectivity index (χ1) is 10.1. The Labute approximate surface area is 133 Å². The molecular formula is C17H25BNO3. The van der Waals surface area contributed by atoms with E-state index in [1.807, 2.05) is 43.0 Å². The summed E-state index contributed by atoms with van der Waals surface area (Å²) >= 11 is 0. The fourth-order valence-corrected chi connectivity index (χ4v) is 2.34. The number of carbonyl (C=O) groups is 1. The molecule has 1 heterocycles. The van der Waals surface area contributed by atoms with Crippen molar-refractivity contribution >= 4 is 18.9 Å². The lowest BCUT2D eigenvalue weighted by Gasteiger charge is -2.45. The highest BCUT2D eigenvalue weighted by atomic mass is 16.5. The van der Waals surface area contributed by atoms with Crippen LogP contribution in [0.5, 0.6) is 0 Å². The van der Waals surface area contributed by atoms with Gasteiger partial charge in [-0.15, -0.1) is 0 Å². The quantitative estimate of drug-likeness (QED) is 0.840. The summed E-state index contributed by atoms with van der Waals surface area (Å²) in [5, 5.41) is 9.62. The fourth-order valence-electron chi connectivity index (χ4n) is 2.34. The van der Waals surface area contributed by atoms with Gasteiger partial charge in [0.05, 0.1) is 11.7 Å². The fraction of sp³-hybridized carbons (Fsp3) is 0.588. The van der Waals surface area contributed by atoms with Gasteiger partial charge in [-0.25, -0.2) is 0 Å². The van der Waals surface area contributed by atoms with Crippen molar-refractivity contribution in [2.24, 2.45) is 5.41 Å². The molecule has 0 aliphatic carbocycles. The Morgan fingerprint density at radius 2 is 1.86 bits per heavy atom. The molecule has 1 atom stereocenters. The number of aliphatic hydroxyl groups excluding tert-OH is 1. The molecule has 1 amide bonds. The molecule has 1 aliphatic rings. The summed E-state index contributed by atoms with van der Waals surface area (Å²) in [6, 6.07) is 7.35. The Morgan fingerprint density at radius 1 is 1.32 bits per heavy atom. The third-order valence-electron chi connectivity index (χ3n) is 4.19. The van der Waals surface area contributed by atoms with E-state index in [2.05, 4.69) is 13.8 Å². The average molecular weight is 302 g/mol. The number of hydrogen-bond acceptors (Lipinski definition) is 3. The molecule has 1 unspecified atom stereocenters. The molecule has 0 saturated carbocycles. The second-order valence-corrected chi connectivity index (χ2v) is 7.46. The second-order valence-electron chi connectivity index (χ2n) is 7.46. The van der Waals surface area contributed by atoms with E-state index in [0.29, 0.717) is 5.56 Å². The highest BCUT2D eigenvalue weighted by molar-refractivity contribution is 6.47. The smallest absolute Gasteiger partial charge is 0.330 e. The van der Waals surface area contributed by atoms with Crippen LogP contribution in [0.2, 0.25) is 0 Å². The number of rotatable bonds is 5. The van der Waals surface area contributed by atoms with E-state index in [1.54, 1.807) is 14.4 Å². The van der Waals surface area contributed by atoms with Crippen molar-refractivity contribution in [1.82, 2.24) is 4.90 Å². The third kappa shape index (κ3) is 3.90. The Balaban J connectivity index is 1.92. The predicted molar refractivity (Wildman–Crippen MR) is 88.4 cm³/mol. The van der Waals surface area contributed by atoms with E-state index in [0.717, 1.165) is 18.6 Å². The molecule has 1 N–H and O–H groups in total. The molecule has 0 aromatic heterocycles. The van der Waals surface area contributed by atoms with Crippen LogP contribution in [0.25, 0.3) is 0 Å². The van der Waals surface area contributed by atoms with E-state index >= 15 is 0 Å². The monoisotopic (exact) mass is 302 g/mol. The molecule has 119 valence electrons. The van der Waals surface area contributed by atoms with Crippen molar-refractivity contribution in [3.8, 4) is 0 Å². The van der Waals surface area contributed by atoms with Gasteiger partial charge in [-0.3, -0.25) is 4.79 Å². The van der Waals surface area contributed by atoms with Gasteiger partial charge in [0.2, 0.25) is 0 Å². The molecule has 1 radical (unpaired) electrons. The molecule has 4 nitrogen and oxygen atoms in total. The molecule has 1 aromatic carbocycles. The summed E-state index contributed by atoms with van der Waals surface area (Å²) in [5.74, 6) is 0.0797. The zero-order chi connectivity index (χ0) is 16.5. The van der Waals surface area contributed by atoms with E-state index in [4.69, 9.17) is 4.65 Å². The Hall–Kier alpha value is -1.33. The topological polar surface area (TPSA) is 49.8 Å². The first-order valence-electron chi connectivity index (χ1n) is 7.69. The van der Waals surface area contributed by atoms with Crippen LogP contribution in [0.3, 0.4) is 0 Å². The van der Waals surface area contributed by atoms with Gasteiger partial charge in [0.1, 0.15) is 0 Å². The molecule has 2 rings (SSSR count). The number of carbonyl (C=O) groups excluding carboxylic acids is 1. The summed E-state index contributed by atoms with van der Waals surface area (Å²) in [5.41, 5.74) is 1.17. The van der Waals surface area contributed by atoms with E-state index in [-0.39, 0.29) is 11.3 Å². The molecule has 0 bridgehead atoms. The van der Waals surface area contributed by atoms with Crippen LogP contribution in [-0.2, 0) is 4.65 Å². The van der Waals surface area contributed by atoms with Crippen LogP contribution in [-0.4, -0.2) is 48.2 Å². The predicted octanol–water partition coefficient (Wildman–Crippen LogP) is 1.59. The largest absolute Gasteiger partial charge is 0.427 e. The van der Waals surface area contributed by atoms with E-state index in [9.17, 15) is 9.90 Å². The van der Waals surface area contributed by atoms with Crippen molar-refractivity contribution in [3.05, 3.63) is 29.8 Å². The van der Waals surface area contributed by atoms with E-state index < -0.39 is 11.7 Å². The zero-order valence-corrected chi connectivity index (χ0v) is 14.1. The standard InChI is InChI=1S/C17H25BNO3/c1-12(20)17(4,5)22-18-14-8-6-13(7-9-14)15(21)19-10-16(2,3)11-19/h6-9,12,20H,10-11H2,1-5H3. The molecule has 1 aliphatic heterocycles. The van der Waals surface area contributed by atoms with Gasteiger partial charge in [0.25, 0.3) is 5.91 Å². The third-order valence-corrected chi connectivity index (χ3v) is 4.19. The maximum absolute atomic E-state index is 12.3. The number of benzene rings is 1. The molecule has 22 heavy (non-hydrogen) atoms. The Kier molecular flexibility index (Phi) is 4.69. The van der Waals surface area contributed by atoms with Gasteiger partial charge in [-0.1, -0.05) is 31.4 Å². The van der Waals surface area contributed by atoms with Crippen molar-refractivity contribution in [3.63, 3.8) is 0 Å². The van der Waals surface area contributed by atoms with Crippen LogP contribution in [0.4, 0.5) is 0 Å². The van der Waals surface area contributed by atoms with Gasteiger partial charge < -0.3 is 14.7 Å². The normalized spacial score (nSPS) is 18.5. The Bertz CT molecular complexity index is 529. The maximum atomic E-state index is 12.3. The summed E-state index contributed by atoms with van der Waals surface area (Å²) in [6.45, 7) is 11.3. The van der Waals surface area contributed by atoms with Crippen molar-refractivity contribution in [2.75, 3.05) is 13.1 Å². The molecule has 1 fully saturated rings. The SMILES string of the molecule is CC(O)C(C)(C)O[B]c1ccc(C(=O)N2CC(C)(C)C2)cc1. The van der Waals surface area contributed by atoms with Gasteiger partial charge in [-0.05, 0) is 38.3 Å². The van der Waals surface area contributed by atoms with Crippen LogP contribution in [0, 0.1) is 5.41 Å². The van der Waals surface area contributed by atoms with Crippen LogP contribution >= 0.6 is 0 Å². The highest BCUT2D eigenvalue weighted by Gasteiger charge is 2.37. The summed E-state index contributed by atoms with van der Waals surface area (Å²) in [7, 11) is 1.62. The zero-order valence-electron chi connectivity index (χ0n) is 14.1. The molecule has 0 spiro atoms. The lowest BCUT2D eigenvalue weighted by Crippen LogP contribution is -2.55. The van der Waals surface area contributed by atoms with E-state index in [1.165, 1.54) is 0 Å². The van der Waals surface area contributed by atoms with Crippen LogP contribution in [0.15, 0.2) is 24.3 Å². The summed E-state index contributed by atoms with van der Waals surface area (Å²) in [6.07, 6.45) is -0.570. The van der Waals surface area contributed by atoms with Gasteiger partial charge in [-0.2, -0.15) is 0 Å². The van der Waals surface area contributed by atoms with Crippen LogP contribution < -0.4 is 5.46 Å². The number of hydrogen-bond donors (Lipinski definition) is 1. The lowest BCUT2D eigenvalue weighted by atomic mass is 9.83. The number of nitrogens with zero attached hydrogens (tertiary/aromatic N) is 1. The highest BCUT2D eigenvalue weighted by Crippen LogP contribution is 2.29.